The molecule has 2 aliphatic rings. The molecule has 2 aromatic rings. The number of piperidine rings is 1. The molecule has 4 rings (SSSR count). The topological polar surface area (TPSA) is 78.3 Å². The Morgan fingerprint density at radius 2 is 1.83 bits per heavy atom. The van der Waals surface area contributed by atoms with Crippen molar-refractivity contribution < 1.29 is 9.90 Å². The molecule has 1 saturated heterocycles. The van der Waals surface area contributed by atoms with Crippen LogP contribution in [-0.4, -0.2) is 40.2 Å². The lowest BCUT2D eigenvalue weighted by Gasteiger charge is -2.20. The zero-order valence-corrected chi connectivity index (χ0v) is 12.6. The van der Waals surface area contributed by atoms with Gasteiger partial charge in [-0.1, -0.05) is 30.3 Å². The van der Waals surface area contributed by atoms with E-state index in [-0.39, 0.29) is 5.56 Å². The molecule has 6 heteroatoms. The molecule has 1 saturated carbocycles. The third-order valence-corrected chi connectivity index (χ3v) is 4.75. The number of hydrogen-bond donors (Lipinski definition) is 2. The lowest BCUT2D eigenvalue weighted by Crippen LogP contribution is -2.32. The fourth-order valence-corrected chi connectivity index (χ4v) is 3.42. The van der Waals surface area contributed by atoms with Crippen LogP contribution in [0.5, 0.6) is 0 Å². The minimum Gasteiger partial charge on any atom is -0.478 e. The van der Waals surface area contributed by atoms with E-state index in [9.17, 15) is 4.79 Å². The number of aromatic nitrogens is 2. The summed E-state index contributed by atoms with van der Waals surface area (Å²) in [5, 5.41) is 12.5. The molecule has 0 amide bonds. The van der Waals surface area contributed by atoms with Crippen molar-refractivity contribution >= 4 is 11.9 Å². The summed E-state index contributed by atoms with van der Waals surface area (Å²) in [5.74, 6) is 0.915. The number of carbonyl (C=O) groups is 1. The zero-order chi connectivity index (χ0) is 15.8. The van der Waals surface area contributed by atoms with Crippen molar-refractivity contribution in [1.82, 2.24) is 15.3 Å². The number of carboxylic acid groups (broad SMARTS) is 1. The fourth-order valence-electron chi connectivity index (χ4n) is 3.42. The summed E-state index contributed by atoms with van der Waals surface area (Å²) in [4.78, 5) is 21.3. The Bertz CT molecular complexity index is 692. The molecular weight excluding hydrogens is 292 g/mol. The summed E-state index contributed by atoms with van der Waals surface area (Å²) >= 11 is 0. The van der Waals surface area contributed by atoms with Gasteiger partial charge >= 0.3 is 5.97 Å². The third kappa shape index (κ3) is 2.77. The minimum atomic E-state index is -0.994. The van der Waals surface area contributed by atoms with Gasteiger partial charge in [-0.15, -0.1) is 0 Å². The lowest BCUT2D eigenvalue weighted by atomic mass is 10.2. The first-order valence-corrected chi connectivity index (χ1v) is 7.80. The molecule has 1 unspecified atom stereocenters. The van der Waals surface area contributed by atoms with Gasteiger partial charge in [0.25, 0.3) is 0 Å². The Kier molecular flexibility index (Phi) is 3.46. The third-order valence-electron chi connectivity index (χ3n) is 4.75. The second-order valence-corrected chi connectivity index (χ2v) is 6.20. The van der Waals surface area contributed by atoms with Crippen LogP contribution in [0.4, 0.5) is 5.95 Å². The number of rotatable bonds is 5. The van der Waals surface area contributed by atoms with Gasteiger partial charge in [-0.05, 0) is 17.4 Å². The molecule has 1 aromatic carbocycles. The van der Waals surface area contributed by atoms with Gasteiger partial charge in [0.2, 0.25) is 5.95 Å². The minimum absolute atomic E-state index is 0.125. The van der Waals surface area contributed by atoms with E-state index in [2.05, 4.69) is 44.5 Å². The standard InChI is InChI=1S/C17H18N4O2/c22-16(23)12-7-19-17(20-8-12)21-9-13-14(10-21)15(13)18-6-11-4-2-1-3-5-11/h1-5,7-8,13-15,18H,6,9-10H2,(H,22,23)/t13-,14+,15?. The molecule has 2 N–H and O–H groups in total. The summed E-state index contributed by atoms with van der Waals surface area (Å²) in [6.07, 6.45) is 2.75. The van der Waals surface area contributed by atoms with Crippen LogP contribution >= 0.6 is 0 Å². The number of hydrogen-bond acceptors (Lipinski definition) is 5. The molecular formula is C17H18N4O2. The highest BCUT2D eigenvalue weighted by Gasteiger charge is 2.55. The molecule has 0 spiro atoms. The zero-order valence-electron chi connectivity index (χ0n) is 12.6. The van der Waals surface area contributed by atoms with Crippen molar-refractivity contribution in [3.8, 4) is 0 Å². The summed E-state index contributed by atoms with van der Waals surface area (Å²) in [6, 6.07) is 11.0. The molecule has 0 bridgehead atoms. The van der Waals surface area contributed by atoms with E-state index in [4.69, 9.17) is 5.11 Å². The van der Waals surface area contributed by atoms with Crippen LogP contribution in [-0.2, 0) is 6.54 Å². The summed E-state index contributed by atoms with van der Waals surface area (Å²) in [6.45, 7) is 2.77. The summed E-state index contributed by atoms with van der Waals surface area (Å²) in [5.41, 5.74) is 1.43. The van der Waals surface area contributed by atoms with E-state index >= 15 is 0 Å². The Morgan fingerprint density at radius 3 is 2.43 bits per heavy atom. The summed E-state index contributed by atoms with van der Waals surface area (Å²) in [7, 11) is 0. The van der Waals surface area contributed by atoms with Gasteiger partial charge in [0, 0.05) is 38.1 Å². The molecule has 0 radical (unpaired) electrons. The first kappa shape index (κ1) is 14.1. The molecule has 1 aliphatic heterocycles. The van der Waals surface area contributed by atoms with Crippen molar-refractivity contribution in [2.75, 3.05) is 18.0 Å². The number of anilines is 1. The van der Waals surface area contributed by atoms with Crippen molar-refractivity contribution in [3.05, 3.63) is 53.9 Å². The number of nitrogens with one attached hydrogen (secondary N) is 1. The van der Waals surface area contributed by atoms with Gasteiger partial charge < -0.3 is 15.3 Å². The van der Waals surface area contributed by atoms with Gasteiger partial charge in [0.15, 0.2) is 0 Å². The Hall–Kier alpha value is -2.47. The van der Waals surface area contributed by atoms with Crippen molar-refractivity contribution in [1.29, 1.82) is 0 Å². The van der Waals surface area contributed by atoms with E-state index in [1.807, 2.05) is 6.07 Å². The highest BCUT2D eigenvalue weighted by molar-refractivity contribution is 5.86. The predicted octanol–water partition coefficient (Wildman–Crippen LogP) is 1.40. The van der Waals surface area contributed by atoms with Crippen LogP contribution in [0.25, 0.3) is 0 Å². The average molecular weight is 310 g/mol. The number of fused-ring (bicyclic) bond motifs is 1. The van der Waals surface area contributed by atoms with E-state index in [1.165, 1.54) is 18.0 Å². The van der Waals surface area contributed by atoms with Gasteiger partial charge in [0.1, 0.15) is 0 Å². The Morgan fingerprint density at radius 1 is 1.17 bits per heavy atom. The van der Waals surface area contributed by atoms with Gasteiger partial charge in [0.05, 0.1) is 5.56 Å². The van der Waals surface area contributed by atoms with Crippen LogP contribution in [0.1, 0.15) is 15.9 Å². The van der Waals surface area contributed by atoms with E-state index < -0.39 is 5.97 Å². The lowest BCUT2D eigenvalue weighted by molar-refractivity contribution is 0.0696. The van der Waals surface area contributed by atoms with Gasteiger partial charge in [-0.25, -0.2) is 14.8 Å². The number of benzene rings is 1. The van der Waals surface area contributed by atoms with Crippen molar-refractivity contribution in [2.24, 2.45) is 11.8 Å². The monoisotopic (exact) mass is 310 g/mol. The molecule has 23 heavy (non-hydrogen) atoms. The predicted molar refractivity (Wildman–Crippen MR) is 85.3 cm³/mol. The van der Waals surface area contributed by atoms with Crippen LogP contribution in [0.3, 0.4) is 0 Å². The average Bonchev–Trinajstić information content (AvgIpc) is 3.03. The molecule has 1 aromatic heterocycles. The largest absolute Gasteiger partial charge is 0.478 e. The molecule has 1 aliphatic carbocycles. The van der Waals surface area contributed by atoms with Crippen LogP contribution in [0.15, 0.2) is 42.7 Å². The smallest absolute Gasteiger partial charge is 0.338 e. The number of aromatic carboxylic acids is 1. The normalized spacial score (nSPS) is 25.2. The maximum absolute atomic E-state index is 10.8. The quantitative estimate of drug-likeness (QED) is 0.869. The molecule has 118 valence electrons. The molecule has 2 fully saturated rings. The maximum Gasteiger partial charge on any atom is 0.338 e. The Balaban J connectivity index is 1.30. The maximum atomic E-state index is 10.8. The summed E-state index contributed by atoms with van der Waals surface area (Å²) < 4.78 is 0. The van der Waals surface area contributed by atoms with Crippen LogP contribution in [0.2, 0.25) is 0 Å². The molecule has 6 nitrogen and oxygen atoms in total. The van der Waals surface area contributed by atoms with E-state index in [0.717, 1.165) is 19.6 Å². The van der Waals surface area contributed by atoms with Crippen molar-refractivity contribution in [3.63, 3.8) is 0 Å². The van der Waals surface area contributed by atoms with E-state index in [1.54, 1.807) is 0 Å². The van der Waals surface area contributed by atoms with Crippen LogP contribution in [0, 0.1) is 11.8 Å². The SMILES string of the molecule is O=C(O)c1cnc(N2C[C@@H]3C(NCc4ccccc4)[C@@H]3C2)nc1. The second kappa shape index (κ2) is 5.62. The van der Waals surface area contributed by atoms with Crippen LogP contribution < -0.4 is 10.2 Å². The first-order valence-electron chi connectivity index (χ1n) is 7.80. The molecule has 2 heterocycles. The number of carboxylic acids is 1. The van der Waals surface area contributed by atoms with E-state index in [0.29, 0.717) is 23.8 Å². The first-order chi connectivity index (χ1) is 11.2. The van der Waals surface area contributed by atoms with Gasteiger partial charge in [-0.3, -0.25) is 0 Å². The molecule has 3 atom stereocenters. The highest BCUT2D eigenvalue weighted by Crippen LogP contribution is 2.46. The number of nitrogens with zero attached hydrogens (tertiary/aromatic N) is 3. The van der Waals surface area contributed by atoms with Gasteiger partial charge in [-0.2, -0.15) is 0 Å². The second-order valence-electron chi connectivity index (χ2n) is 6.20. The van der Waals surface area contributed by atoms with Crippen molar-refractivity contribution in [2.45, 2.75) is 12.6 Å². The highest BCUT2D eigenvalue weighted by atomic mass is 16.4. The Labute approximate surface area is 134 Å². The fraction of sp³-hybridized carbons (Fsp3) is 0.353.